The summed E-state index contributed by atoms with van der Waals surface area (Å²) in [5, 5.41) is 0. The highest BCUT2D eigenvalue weighted by atomic mass is 28.2. The topological polar surface area (TPSA) is 27.7 Å². The van der Waals surface area contributed by atoms with Crippen molar-refractivity contribution in [2.75, 3.05) is 14.2 Å². The van der Waals surface area contributed by atoms with Crippen LogP contribution in [0.15, 0.2) is 0 Å². The second-order valence-electron chi connectivity index (χ2n) is 2.27. The van der Waals surface area contributed by atoms with Gasteiger partial charge in [-0.05, 0) is 6.42 Å². The average Bonchev–Trinajstić information content (AvgIpc) is 2.04. The molecule has 3 nitrogen and oxygen atoms in total. The fourth-order valence-corrected chi connectivity index (χ4v) is 1.82. The summed E-state index contributed by atoms with van der Waals surface area (Å²) in [5.41, 5.74) is 0. The molecule has 0 fully saturated rings. The lowest BCUT2D eigenvalue weighted by Crippen LogP contribution is -2.37. The van der Waals surface area contributed by atoms with Crippen LogP contribution in [0.5, 0.6) is 0 Å². The summed E-state index contributed by atoms with van der Waals surface area (Å²) in [6.07, 6.45) is 1.79. The van der Waals surface area contributed by atoms with Crippen LogP contribution in [0.3, 0.4) is 0 Å². The summed E-state index contributed by atoms with van der Waals surface area (Å²) < 4.78 is 15.8. The van der Waals surface area contributed by atoms with Crippen LogP contribution in [-0.4, -0.2) is 30.0 Å². The Kier molecular flexibility index (Phi) is 5.76. The van der Waals surface area contributed by atoms with Gasteiger partial charge in [0.15, 0.2) is 9.76 Å². The van der Waals surface area contributed by atoms with Crippen molar-refractivity contribution in [1.82, 2.24) is 0 Å². The summed E-state index contributed by atoms with van der Waals surface area (Å²) in [7, 11) is 2.75. The van der Waals surface area contributed by atoms with E-state index in [0.717, 1.165) is 12.8 Å². The van der Waals surface area contributed by atoms with Crippen LogP contribution in [0.2, 0.25) is 6.55 Å². The van der Waals surface area contributed by atoms with Gasteiger partial charge < -0.3 is 13.9 Å². The molecule has 0 amide bonds. The van der Waals surface area contributed by atoms with Gasteiger partial charge in [0, 0.05) is 20.6 Å². The molecule has 0 heterocycles. The Balaban J connectivity index is 3.96. The van der Waals surface area contributed by atoms with E-state index in [2.05, 4.69) is 13.5 Å². The molecule has 68 valence electrons. The number of hydrogen-bond donors (Lipinski definition) is 0. The van der Waals surface area contributed by atoms with Gasteiger partial charge in [-0.3, -0.25) is 0 Å². The van der Waals surface area contributed by atoms with Crippen molar-refractivity contribution in [3.05, 3.63) is 0 Å². The lowest BCUT2D eigenvalue weighted by Gasteiger charge is -2.30. The van der Waals surface area contributed by atoms with E-state index in [1.54, 1.807) is 14.2 Å². The van der Waals surface area contributed by atoms with Crippen LogP contribution < -0.4 is 0 Å². The van der Waals surface area contributed by atoms with Gasteiger partial charge in [-0.2, -0.15) is 0 Å². The van der Waals surface area contributed by atoms with Gasteiger partial charge in [-0.15, -0.1) is 0 Å². The molecular formula is C7H18O3Si. The quantitative estimate of drug-likeness (QED) is 0.446. The zero-order valence-electron chi connectivity index (χ0n) is 7.85. The molecule has 0 saturated carbocycles. The minimum Gasteiger partial charge on any atom is -0.376 e. The molecule has 0 saturated heterocycles. The maximum absolute atomic E-state index is 5.46. The SMILES string of the molecule is CCCC(OC)(OC)O[SiH2]C. The molecule has 0 atom stereocenters. The van der Waals surface area contributed by atoms with Crippen LogP contribution in [0.25, 0.3) is 0 Å². The van der Waals surface area contributed by atoms with Crippen LogP contribution in [0.1, 0.15) is 19.8 Å². The third-order valence-electron chi connectivity index (χ3n) is 1.54. The number of rotatable bonds is 6. The van der Waals surface area contributed by atoms with E-state index >= 15 is 0 Å². The summed E-state index contributed by atoms with van der Waals surface area (Å²) in [4.78, 5) is 0. The first kappa shape index (κ1) is 11.1. The van der Waals surface area contributed by atoms with Crippen molar-refractivity contribution >= 4 is 9.76 Å². The molecule has 0 unspecified atom stereocenters. The Morgan fingerprint density at radius 3 is 2.09 bits per heavy atom. The fraction of sp³-hybridized carbons (Fsp3) is 1.00. The minimum absolute atomic E-state index is 0.482. The monoisotopic (exact) mass is 178 g/mol. The molecule has 0 spiro atoms. The van der Waals surface area contributed by atoms with Gasteiger partial charge >= 0.3 is 0 Å². The first-order valence-electron chi connectivity index (χ1n) is 3.99. The summed E-state index contributed by atoms with van der Waals surface area (Å²) in [6, 6.07) is 0. The zero-order valence-corrected chi connectivity index (χ0v) is 9.26. The highest BCUT2D eigenvalue weighted by molar-refractivity contribution is 6.24. The molecule has 4 heteroatoms. The highest BCUT2D eigenvalue weighted by Crippen LogP contribution is 2.18. The lowest BCUT2D eigenvalue weighted by molar-refractivity contribution is -0.326. The lowest BCUT2D eigenvalue weighted by atomic mass is 10.3. The van der Waals surface area contributed by atoms with Crippen LogP contribution >= 0.6 is 0 Å². The molecular weight excluding hydrogens is 160 g/mol. The number of methoxy groups -OCH3 is 2. The predicted molar refractivity (Wildman–Crippen MR) is 47.2 cm³/mol. The van der Waals surface area contributed by atoms with E-state index in [-0.39, 0.29) is 0 Å². The molecule has 0 rings (SSSR count). The van der Waals surface area contributed by atoms with Gasteiger partial charge in [-0.25, -0.2) is 0 Å². The predicted octanol–water partition coefficient (Wildman–Crippen LogP) is 0.882. The summed E-state index contributed by atoms with van der Waals surface area (Å²) >= 11 is 0. The Morgan fingerprint density at radius 1 is 1.27 bits per heavy atom. The van der Waals surface area contributed by atoms with E-state index in [1.807, 2.05) is 0 Å². The smallest absolute Gasteiger partial charge is 0.272 e. The molecule has 0 aliphatic rings. The minimum atomic E-state index is -0.754. The Morgan fingerprint density at radius 2 is 1.82 bits per heavy atom. The summed E-state index contributed by atoms with van der Waals surface area (Å²) in [6.45, 7) is 4.13. The number of hydrogen-bond acceptors (Lipinski definition) is 3. The average molecular weight is 178 g/mol. The first-order chi connectivity index (χ1) is 5.24. The van der Waals surface area contributed by atoms with Gasteiger partial charge in [0.1, 0.15) is 0 Å². The van der Waals surface area contributed by atoms with Gasteiger partial charge in [0.2, 0.25) is 0 Å². The first-order valence-corrected chi connectivity index (χ1v) is 5.98. The molecule has 0 aromatic rings. The second kappa shape index (κ2) is 5.71. The molecule has 0 N–H and O–H groups in total. The van der Waals surface area contributed by atoms with E-state index < -0.39 is 15.7 Å². The zero-order chi connectivity index (χ0) is 8.74. The van der Waals surface area contributed by atoms with Crippen LogP contribution in [0, 0.1) is 0 Å². The van der Waals surface area contributed by atoms with E-state index in [1.165, 1.54) is 0 Å². The third-order valence-corrected chi connectivity index (χ3v) is 2.27. The fourth-order valence-electron chi connectivity index (χ4n) is 1.00. The molecule has 0 bridgehead atoms. The van der Waals surface area contributed by atoms with Crippen molar-refractivity contribution in [3.8, 4) is 0 Å². The van der Waals surface area contributed by atoms with Crippen LogP contribution in [0.4, 0.5) is 0 Å². The van der Waals surface area contributed by atoms with Gasteiger partial charge in [0.05, 0.1) is 0 Å². The van der Waals surface area contributed by atoms with E-state index in [9.17, 15) is 0 Å². The Bertz CT molecular complexity index is 85.7. The van der Waals surface area contributed by atoms with Crippen molar-refractivity contribution in [2.45, 2.75) is 32.3 Å². The molecule has 0 aliphatic heterocycles. The highest BCUT2D eigenvalue weighted by Gasteiger charge is 2.28. The third kappa shape index (κ3) is 3.33. The Hall–Kier alpha value is 0.0969. The van der Waals surface area contributed by atoms with Crippen molar-refractivity contribution in [2.24, 2.45) is 0 Å². The number of ether oxygens (including phenoxy) is 2. The molecule has 0 aromatic heterocycles. The van der Waals surface area contributed by atoms with Crippen LogP contribution in [-0.2, 0) is 13.9 Å². The normalized spacial score (nSPS) is 13.1. The Labute approximate surface area is 71.0 Å². The van der Waals surface area contributed by atoms with Gasteiger partial charge in [-0.1, -0.05) is 13.5 Å². The van der Waals surface area contributed by atoms with Gasteiger partial charge in [0.25, 0.3) is 5.97 Å². The van der Waals surface area contributed by atoms with Crippen molar-refractivity contribution in [1.29, 1.82) is 0 Å². The summed E-state index contributed by atoms with van der Waals surface area (Å²) in [5.74, 6) is -0.754. The maximum Gasteiger partial charge on any atom is 0.272 e. The molecule has 11 heavy (non-hydrogen) atoms. The van der Waals surface area contributed by atoms with Crippen molar-refractivity contribution in [3.63, 3.8) is 0 Å². The largest absolute Gasteiger partial charge is 0.376 e. The van der Waals surface area contributed by atoms with E-state index in [0.29, 0.717) is 0 Å². The molecule has 0 aromatic carbocycles. The molecule has 0 radical (unpaired) electrons. The van der Waals surface area contributed by atoms with Crippen molar-refractivity contribution < 1.29 is 13.9 Å². The maximum atomic E-state index is 5.46. The standard InChI is InChI=1S/C7H18O3Si/c1-5-6-7(8-2,9-3)10-11-4/h5-6,11H2,1-4H3. The second-order valence-corrected chi connectivity index (χ2v) is 3.14. The van der Waals surface area contributed by atoms with E-state index in [4.69, 9.17) is 13.9 Å². The molecule has 0 aliphatic carbocycles.